The van der Waals surface area contributed by atoms with Crippen LogP contribution in [-0.2, 0) is 19.4 Å². The normalized spacial score (nSPS) is 10.7. The summed E-state index contributed by atoms with van der Waals surface area (Å²) in [7, 11) is 0. The van der Waals surface area contributed by atoms with Crippen molar-refractivity contribution >= 4 is 17.1 Å². The Kier molecular flexibility index (Phi) is 3.74. The summed E-state index contributed by atoms with van der Waals surface area (Å²) in [5.74, 6) is 0.201. The lowest BCUT2D eigenvalue weighted by Gasteiger charge is -1.99. The molecule has 0 saturated heterocycles. The van der Waals surface area contributed by atoms with Gasteiger partial charge in [0.25, 0.3) is 0 Å². The quantitative estimate of drug-likeness (QED) is 0.762. The van der Waals surface area contributed by atoms with Crippen LogP contribution in [0, 0.1) is 0 Å². The van der Waals surface area contributed by atoms with Crippen LogP contribution in [0.1, 0.15) is 34.6 Å². The van der Waals surface area contributed by atoms with E-state index in [4.69, 9.17) is 0 Å². The van der Waals surface area contributed by atoms with Gasteiger partial charge in [-0.15, -0.1) is 11.3 Å². The number of thiophene rings is 1. The third-order valence-corrected chi connectivity index (χ3v) is 3.75. The maximum atomic E-state index is 12.1. The van der Waals surface area contributed by atoms with E-state index in [2.05, 4.69) is 12.0 Å². The number of hydrogen-bond donors (Lipinski definition) is 0. The minimum Gasteiger partial charge on any atom is -0.293 e. The zero-order valence-corrected chi connectivity index (χ0v) is 11.0. The van der Waals surface area contributed by atoms with Crippen molar-refractivity contribution in [2.45, 2.75) is 33.2 Å². The van der Waals surface area contributed by atoms with Gasteiger partial charge in [0, 0.05) is 19.2 Å². The van der Waals surface area contributed by atoms with Crippen molar-refractivity contribution in [3.05, 3.63) is 39.8 Å². The molecule has 0 bridgehead atoms. The molecule has 0 spiro atoms. The molecule has 0 unspecified atom stereocenters. The number of ketones is 1. The lowest BCUT2D eigenvalue weighted by Crippen LogP contribution is -2.03. The summed E-state index contributed by atoms with van der Waals surface area (Å²) < 4.78 is 1.85. The Bertz CT molecular complexity index is 513. The fourth-order valence-corrected chi connectivity index (χ4v) is 2.73. The highest BCUT2D eigenvalue weighted by molar-refractivity contribution is 7.12. The van der Waals surface area contributed by atoms with E-state index in [-0.39, 0.29) is 5.78 Å². The third kappa shape index (κ3) is 2.64. The van der Waals surface area contributed by atoms with Crippen molar-refractivity contribution in [1.29, 1.82) is 0 Å². The molecule has 0 aliphatic rings. The molecule has 17 heavy (non-hydrogen) atoms. The zero-order chi connectivity index (χ0) is 12.3. The van der Waals surface area contributed by atoms with Crippen LogP contribution in [0.15, 0.2) is 23.8 Å². The summed E-state index contributed by atoms with van der Waals surface area (Å²) >= 11 is 1.54. The van der Waals surface area contributed by atoms with Crippen molar-refractivity contribution in [2.75, 3.05) is 0 Å². The summed E-state index contributed by atoms with van der Waals surface area (Å²) in [6.07, 6.45) is 5.09. The van der Waals surface area contributed by atoms with Gasteiger partial charge >= 0.3 is 0 Å². The maximum absolute atomic E-state index is 12.1. The number of aryl methyl sites for hydroxylation is 2. The molecule has 3 nitrogen and oxygen atoms in total. The van der Waals surface area contributed by atoms with Crippen LogP contribution in [0.3, 0.4) is 0 Å². The summed E-state index contributed by atoms with van der Waals surface area (Å²) in [4.78, 5) is 13.0. The van der Waals surface area contributed by atoms with E-state index in [1.54, 1.807) is 6.20 Å². The van der Waals surface area contributed by atoms with Gasteiger partial charge in [-0.2, -0.15) is 5.10 Å². The number of rotatable bonds is 5. The molecule has 4 heteroatoms. The summed E-state index contributed by atoms with van der Waals surface area (Å²) in [6.45, 7) is 4.95. The molecule has 2 heterocycles. The van der Waals surface area contributed by atoms with Crippen molar-refractivity contribution in [3.8, 4) is 0 Å². The average molecular weight is 248 g/mol. The third-order valence-electron chi connectivity index (χ3n) is 2.76. The smallest absolute Gasteiger partial charge is 0.177 e. The fourth-order valence-electron chi connectivity index (χ4n) is 1.80. The topological polar surface area (TPSA) is 34.9 Å². The van der Waals surface area contributed by atoms with Gasteiger partial charge in [-0.25, -0.2) is 0 Å². The molecule has 2 rings (SSSR count). The highest BCUT2D eigenvalue weighted by Crippen LogP contribution is 2.19. The summed E-state index contributed by atoms with van der Waals surface area (Å²) in [6, 6.07) is 2.04. The number of carbonyl (C=O) groups is 1. The van der Waals surface area contributed by atoms with Crippen LogP contribution >= 0.6 is 11.3 Å². The molecule has 90 valence electrons. The molecule has 0 aliphatic carbocycles. The van der Waals surface area contributed by atoms with Gasteiger partial charge in [0.1, 0.15) is 0 Å². The van der Waals surface area contributed by atoms with E-state index < -0.39 is 0 Å². The fraction of sp³-hybridized carbons (Fsp3) is 0.385. The van der Waals surface area contributed by atoms with Crippen LogP contribution < -0.4 is 0 Å². The van der Waals surface area contributed by atoms with Crippen LogP contribution in [0.4, 0.5) is 0 Å². The van der Waals surface area contributed by atoms with Crippen molar-refractivity contribution < 1.29 is 4.79 Å². The van der Waals surface area contributed by atoms with Crippen molar-refractivity contribution in [2.24, 2.45) is 0 Å². The maximum Gasteiger partial charge on any atom is 0.177 e. The molecule has 0 aliphatic heterocycles. The number of hydrogen-bond acceptors (Lipinski definition) is 3. The Morgan fingerprint density at radius 1 is 1.47 bits per heavy atom. The molecule has 0 saturated carbocycles. The standard InChI is InChI=1S/C13H16N2OS/c1-3-11-5-6-17-13(11)12(16)7-10-8-14-15(4-2)9-10/h5-6,8-9H,3-4,7H2,1-2H3. The highest BCUT2D eigenvalue weighted by atomic mass is 32.1. The Balaban J connectivity index is 2.11. The van der Waals surface area contributed by atoms with Crippen LogP contribution in [0.5, 0.6) is 0 Å². The molecular formula is C13H16N2OS. The predicted molar refractivity (Wildman–Crippen MR) is 69.6 cm³/mol. The van der Waals surface area contributed by atoms with Crippen LogP contribution in [-0.4, -0.2) is 15.6 Å². The predicted octanol–water partition coefficient (Wildman–Crippen LogP) is 2.95. The van der Waals surface area contributed by atoms with Gasteiger partial charge < -0.3 is 0 Å². The minimum absolute atomic E-state index is 0.201. The van der Waals surface area contributed by atoms with E-state index in [0.717, 1.165) is 29.0 Å². The van der Waals surface area contributed by atoms with Crippen molar-refractivity contribution in [3.63, 3.8) is 0 Å². The Morgan fingerprint density at radius 2 is 2.29 bits per heavy atom. The van der Waals surface area contributed by atoms with Crippen LogP contribution in [0.25, 0.3) is 0 Å². The first-order chi connectivity index (χ1) is 8.24. The van der Waals surface area contributed by atoms with Gasteiger partial charge in [0.05, 0.1) is 11.1 Å². The van der Waals surface area contributed by atoms with E-state index in [0.29, 0.717) is 6.42 Å². The zero-order valence-electron chi connectivity index (χ0n) is 10.1. The largest absolute Gasteiger partial charge is 0.293 e. The first-order valence-electron chi connectivity index (χ1n) is 5.85. The van der Waals surface area contributed by atoms with Crippen LogP contribution in [0.2, 0.25) is 0 Å². The first kappa shape index (κ1) is 12.0. The highest BCUT2D eigenvalue weighted by Gasteiger charge is 2.13. The van der Waals surface area contributed by atoms with Gasteiger partial charge in [0.2, 0.25) is 0 Å². The average Bonchev–Trinajstić information content (AvgIpc) is 2.96. The van der Waals surface area contributed by atoms with Gasteiger partial charge in [-0.3, -0.25) is 9.48 Å². The van der Waals surface area contributed by atoms with Gasteiger partial charge in [-0.1, -0.05) is 6.92 Å². The molecule has 0 N–H and O–H groups in total. The second kappa shape index (κ2) is 5.27. The minimum atomic E-state index is 0.201. The number of Topliss-reactive ketones (excluding diaryl/α,β-unsaturated/α-hetero) is 1. The molecular weight excluding hydrogens is 232 g/mol. The Labute approximate surface area is 105 Å². The van der Waals surface area contributed by atoms with E-state index in [1.165, 1.54) is 11.3 Å². The molecule has 2 aromatic rings. The monoisotopic (exact) mass is 248 g/mol. The van der Waals surface area contributed by atoms with E-state index in [9.17, 15) is 4.79 Å². The molecule has 0 radical (unpaired) electrons. The number of nitrogens with zero attached hydrogens (tertiary/aromatic N) is 2. The molecule has 2 aromatic heterocycles. The Hall–Kier alpha value is -1.42. The molecule has 0 amide bonds. The Morgan fingerprint density at radius 3 is 2.94 bits per heavy atom. The van der Waals surface area contributed by atoms with Gasteiger partial charge in [-0.05, 0) is 35.9 Å². The van der Waals surface area contributed by atoms with E-state index in [1.807, 2.05) is 29.2 Å². The lowest BCUT2D eigenvalue weighted by molar-refractivity contribution is 0.0996. The summed E-state index contributed by atoms with van der Waals surface area (Å²) in [5.41, 5.74) is 2.15. The van der Waals surface area contributed by atoms with Crippen molar-refractivity contribution in [1.82, 2.24) is 9.78 Å². The van der Waals surface area contributed by atoms with E-state index >= 15 is 0 Å². The number of aromatic nitrogens is 2. The molecule has 0 aromatic carbocycles. The SMILES string of the molecule is CCc1ccsc1C(=O)Cc1cnn(CC)c1. The number of carbonyl (C=O) groups excluding carboxylic acids is 1. The first-order valence-corrected chi connectivity index (χ1v) is 6.73. The second-order valence-corrected chi connectivity index (χ2v) is 4.85. The molecule has 0 atom stereocenters. The lowest BCUT2D eigenvalue weighted by atomic mass is 10.1. The summed E-state index contributed by atoms with van der Waals surface area (Å²) in [5, 5.41) is 6.17. The molecule has 0 fully saturated rings. The van der Waals surface area contributed by atoms with Gasteiger partial charge in [0.15, 0.2) is 5.78 Å². The second-order valence-electron chi connectivity index (χ2n) is 3.93.